The Hall–Kier alpha value is -1.68. The summed E-state index contributed by atoms with van der Waals surface area (Å²) in [4.78, 5) is 25.0. The van der Waals surface area contributed by atoms with Crippen molar-refractivity contribution in [1.29, 1.82) is 0 Å². The van der Waals surface area contributed by atoms with E-state index >= 15 is 0 Å². The van der Waals surface area contributed by atoms with Gasteiger partial charge in [0.25, 0.3) is 0 Å². The number of fused-ring (bicyclic) bond motifs is 1. The topological polar surface area (TPSA) is 56.5 Å². The van der Waals surface area contributed by atoms with Crippen LogP contribution in [0.15, 0.2) is 22.3 Å². The third-order valence-electron chi connectivity index (χ3n) is 4.40. The normalized spacial score (nSPS) is 28.7. The summed E-state index contributed by atoms with van der Waals surface area (Å²) in [5, 5.41) is 0. The zero-order valence-electron chi connectivity index (χ0n) is 13.9. The maximum absolute atomic E-state index is 12.9. The summed E-state index contributed by atoms with van der Waals surface area (Å²) < 4.78 is 11.1. The third kappa shape index (κ3) is 3.22. The van der Waals surface area contributed by atoms with Crippen molar-refractivity contribution >= 4 is 11.6 Å². The van der Waals surface area contributed by atoms with Crippen molar-refractivity contribution in [2.75, 3.05) is 7.11 Å². The van der Waals surface area contributed by atoms with E-state index in [0.717, 1.165) is 11.1 Å². The van der Waals surface area contributed by atoms with Crippen molar-refractivity contribution in [3.8, 4) is 0 Å². The summed E-state index contributed by atoms with van der Waals surface area (Å²) in [6.45, 7) is 7.29. The number of aryl methyl sites for hydroxylation is 1. The Morgan fingerprint density at radius 3 is 2.64 bits per heavy atom. The molecule has 2 rings (SSSR count). The zero-order valence-corrected chi connectivity index (χ0v) is 13.9. The van der Waals surface area contributed by atoms with Gasteiger partial charge in [-0.05, 0) is 38.7 Å². The summed E-state index contributed by atoms with van der Waals surface area (Å²) >= 11 is 0. The van der Waals surface area contributed by atoms with Crippen molar-refractivity contribution in [3.05, 3.63) is 34.8 Å². The molecule has 120 valence electrons. The van der Waals surface area contributed by atoms with Crippen LogP contribution in [0.5, 0.6) is 0 Å². The summed E-state index contributed by atoms with van der Waals surface area (Å²) in [5.74, 6) is -0.295. The van der Waals surface area contributed by atoms with E-state index in [1.807, 2.05) is 20.8 Å². The van der Waals surface area contributed by atoms with Crippen molar-refractivity contribution in [1.82, 2.24) is 0 Å². The van der Waals surface area contributed by atoms with Crippen LogP contribution in [-0.2, 0) is 16.0 Å². The van der Waals surface area contributed by atoms with Crippen LogP contribution in [0.1, 0.15) is 48.9 Å². The number of Topliss-reactive ketones (excluding diaryl/α,β-unsaturated/α-hetero) is 2. The fraction of sp³-hybridized carbons (Fsp3) is 0.556. The Morgan fingerprint density at radius 2 is 2.05 bits per heavy atom. The highest BCUT2D eigenvalue weighted by molar-refractivity contribution is 6.11. The van der Waals surface area contributed by atoms with Crippen LogP contribution < -0.4 is 0 Å². The van der Waals surface area contributed by atoms with Gasteiger partial charge in [0.2, 0.25) is 0 Å². The van der Waals surface area contributed by atoms with E-state index in [4.69, 9.17) is 9.15 Å². The first-order chi connectivity index (χ1) is 10.3. The lowest BCUT2D eigenvalue weighted by molar-refractivity contribution is -0.120. The van der Waals surface area contributed by atoms with E-state index in [0.29, 0.717) is 24.2 Å². The van der Waals surface area contributed by atoms with E-state index < -0.39 is 5.92 Å². The van der Waals surface area contributed by atoms with Gasteiger partial charge in [-0.3, -0.25) is 9.59 Å². The lowest BCUT2D eigenvalue weighted by atomic mass is 9.79. The summed E-state index contributed by atoms with van der Waals surface area (Å²) in [5.41, 5.74) is 2.48. The number of rotatable bonds is 2. The average Bonchev–Trinajstić information content (AvgIpc) is 2.77. The monoisotopic (exact) mass is 304 g/mol. The van der Waals surface area contributed by atoms with Crippen LogP contribution in [0, 0.1) is 18.8 Å². The van der Waals surface area contributed by atoms with Crippen LogP contribution in [0.4, 0.5) is 0 Å². The minimum Gasteiger partial charge on any atom is -0.468 e. The lowest BCUT2D eigenvalue weighted by Crippen LogP contribution is -2.32. The number of carbonyl (C=O) groups is 2. The van der Waals surface area contributed by atoms with Crippen LogP contribution in [0.2, 0.25) is 0 Å². The number of carbonyl (C=O) groups excluding carboxylic acids is 2. The highest BCUT2D eigenvalue weighted by Gasteiger charge is 2.35. The molecule has 1 aromatic rings. The van der Waals surface area contributed by atoms with Crippen LogP contribution in [-0.4, -0.2) is 24.8 Å². The van der Waals surface area contributed by atoms with E-state index in [9.17, 15) is 9.59 Å². The summed E-state index contributed by atoms with van der Waals surface area (Å²) in [7, 11) is 1.65. The van der Waals surface area contributed by atoms with Crippen LogP contribution in [0.25, 0.3) is 0 Å². The molecule has 2 unspecified atom stereocenters. The van der Waals surface area contributed by atoms with Gasteiger partial charge >= 0.3 is 0 Å². The molecule has 0 N–H and O–H groups in total. The van der Waals surface area contributed by atoms with E-state index in [1.54, 1.807) is 13.4 Å². The van der Waals surface area contributed by atoms with Crippen molar-refractivity contribution < 1.29 is 18.7 Å². The van der Waals surface area contributed by atoms with Gasteiger partial charge in [0, 0.05) is 13.5 Å². The molecule has 1 aliphatic rings. The van der Waals surface area contributed by atoms with Gasteiger partial charge in [-0.15, -0.1) is 0 Å². The molecule has 0 aliphatic heterocycles. The highest BCUT2D eigenvalue weighted by atomic mass is 16.5. The van der Waals surface area contributed by atoms with Crippen molar-refractivity contribution in [2.24, 2.45) is 11.8 Å². The number of allylic oxidation sites excluding steroid dienone is 1. The van der Waals surface area contributed by atoms with Gasteiger partial charge < -0.3 is 9.15 Å². The Labute approximate surface area is 131 Å². The quantitative estimate of drug-likeness (QED) is 0.619. The molecule has 0 saturated carbocycles. The Kier molecular flexibility index (Phi) is 5.01. The second-order valence-corrected chi connectivity index (χ2v) is 6.35. The van der Waals surface area contributed by atoms with Crippen molar-refractivity contribution in [2.45, 2.75) is 46.6 Å². The molecule has 0 fully saturated rings. The number of hydrogen-bond acceptors (Lipinski definition) is 4. The molecule has 4 heteroatoms. The fourth-order valence-electron chi connectivity index (χ4n) is 3.32. The van der Waals surface area contributed by atoms with Crippen molar-refractivity contribution in [3.63, 3.8) is 0 Å². The molecule has 1 aliphatic carbocycles. The Balaban J connectivity index is 2.55. The summed E-state index contributed by atoms with van der Waals surface area (Å²) in [6, 6.07) is 0. The molecule has 0 aromatic carbocycles. The number of methoxy groups -OCH3 is 1. The van der Waals surface area contributed by atoms with Gasteiger partial charge in [-0.1, -0.05) is 18.6 Å². The molecule has 0 radical (unpaired) electrons. The molecule has 0 spiro atoms. The predicted octanol–water partition coefficient (Wildman–Crippen LogP) is 3.52. The number of ether oxygens (including phenoxy) is 1. The van der Waals surface area contributed by atoms with Gasteiger partial charge in [0.05, 0.1) is 23.8 Å². The molecule has 1 heterocycles. The first-order valence-corrected chi connectivity index (χ1v) is 7.66. The standard InChI is InChI=1S/C18H24O4/c1-10-6-14(21-5)8-11(2)16(13(4)19)18(20)17-12(3)9-22-15(17)7-10/h6,9,11,14,16H,7-8H2,1-5H3/b10-6+/t11-,14?,16?/m0/s1. The van der Waals surface area contributed by atoms with Gasteiger partial charge in [0.1, 0.15) is 11.5 Å². The molecule has 0 amide bonds. The number of furan rings is 1. The lowest BCUT2D eigenvalue weighted by Gasteiger charge is -2.25. The van der Waals surface area contributed by atoms with Crippen LogP contribution >= 0.6 is 0 Å². The maximum Gasteiger partial charge on any atom is 0.177 e. The van der Waals surface area contributed by atoms with E-state index in [-0.39, 0.29) is 23.6 Å². The van der Waals surface area contributed by atoms with Gasteiger partial charge in [0.15, 0.2) is 5.78 Å². The molecular weight excluding hydrogens is 280 g/mol. The predicted molar refractivity (Wildman–Crippen MR) is 84.0 cm³/mol. The molecule has 22 heavy (non-hydrogen) atoms. The van der Waals surface area contributed by atoms with Gasteiger partial charge in [-0.2, -0.15) is 0 Å². The van der Waals surface area contributed by atoms with E-state index in [1.165, 1.54) is 6.92 Å². The number of hydrogen-bond donors (Lipinski definition) is 0. The molecular formula is C18H24O4. The second kappa shape index (κ2) is 6.61. The Morgan fingerprint density at radius 1 is 1.36 bits per heavy atom. The smallest absolute Gasteiger partial charge is 0.177 e. The molecule has 0 bridgehead atoms. The fourth-order valence-corrected chi connectivity index (χ4v) is 3.32. The second-order valence-electron chi connectivity index (χ2n) is 6.35. The Bertz CT molecular complexity index is 609. The van der Waals surface area contributed by atoms with Crippen LogP contribution in [0.3, 0.4) is 0 Å². The summed E-state index contributed by atoms with van der Waals surface area (Å²) in [6.07, 6.45) is 4.78. The van der Waals surface area contributed by atoms with Gasteiger partial charge in [-0.25, -0.2) is 0 Å². The molecule has 4 nitrogen and oxygen atoms in total. The molecule has 0 saturated heterocycles. The minimum absolute atomic E-state index is 0.0840. The first-order valence-electron chi connectivity index (χ1n) is 7.66. The molecule has 3 atom stereocenters. The first kappa shape index (κ1) is 16.7. The SMILES string of the molecule is COC1/C=C(\C)Cc2occ(C)c2C(=O)C(C(C)=O)[C@@H](C)C1. The maximum atomic E-state index is 12.9. The number of ketones is 2. The van der Waals surface area contributed by atoms with E-state index in [2.05, 4.69) is 6.08 Å². The largest absolute Gasteiger partial charge is 0.468 e. The zero-order chi connectivity index (χ0) is 16.4. The highest BCUT2D eigenvalue weighted by Crippen LogP contribution is 2.30. The molecule has 1 aromatic heterocycles. The third-order valence-corrected chi connectivity index (χ3v) is 4.40. The minimum atomic E-state index is -0.639. The average molecular weight is 304 g/mol.